The normalized spacial score (nSPS) is 11.3. The summed E-state index contributed by atoms with van der Waals surface area (Å²) in [6.07, 6.45) is -3.07. The van der Waals surface area contributed by atoms with E-state index >= 15 is 0 Å². The van der Waals surface area contributed by atoms with Gasteiger partial charge in [-0.2, -0.15) is 18.2 Å². The zero-order valence-electron chi connectivity index (χ0n) is 12.3. The zero-order valence-corrected chi connectivity index (χ0v) is 12.3. The first-order chi connectivity index (χ1) is 10.9. The Balaban J connectivity index is 2.21. The minimum atomic E-state index is -4.69. The van der Waals surface area contributed by atoms with Crippen LogP contribution in [0.4, 0.5) is 13.2 Å². The van der Waals surface area contributed by atoms with Crippen molar-refractivity contribution in [3.63, 3.8) is 0 Å². The van der Waals surface area contributed by atoms with Crippen molar-refractivity contribution < 1.29 is 22.5 Å². The number of amides is 1. The first kappa shape index (κ1) is 16.7. The smallest absolute Gasteiger partial charge is 0.335 e. The Morgan fingerprint density at radius 3 is 2.48 bits per heavy atom. The van der Waals surface area contributed by atoms with Crippen molar-refractivity contribution in [3.8, 4) is 11.4 Å². The van der Waals surface area contributed by atoms with Gasteiger partial charge in [-0.1, -0.05) is 23.4 Å². The number of rotatable bonds is 5. The van der Waals surface area contributed by atoms with Crippen LogP contribution in [-0.4, -0.2) is 34.0 Å². The molecule has 0 spiro atoms. The molecule has 2 aromatic rings. The molecule has 1 aromatic carbocycles. The molecule has 23 heavy (non-hydrogen) atoms. The quantitative estimate of drug-likeness (QED) is 0.791. The van der Waals surface area contributed by atoms with Crippen LogP contribution in [0.5, 0.6) is 0 Å². The van der Waals surface area contributed by atoms with E-state index in [9.17, 15) is 18.0 Å². The number of hydrogen-bond donors (Lipinski definition) is 0. The van der Waals surface area contributed by atoms with E-state index in [0.717, 1.165) is 0 Å². The molecule has 122 valence electrons. The molecule has 0 N–H and O–H groups in total. The molecule has 0 saturated carbocycles. The molecule has 0 radical (unpaired) electrons. The van der Waals surface area contributed by atoms with E-state index in [1.165, 1.54) is 24.3 Å². The second kappa shape index (κ2) is 6.64. The third-order valence-electron chi connectivity index (χ3n) is 3.08. The molecule has 0 atom stereocenters. The highest BCUT2D eigenvalue weighted by molar-refractivity contribution is 5.94. The van der Waals surface area contributed by atoms with Gasteiger partial charge in [-0.3, -0.25) is 4.79 Å². The van der Waals surface area contributed by atoms with Crippen molar-refractivity contribution >= 4 is 5.91 Å². The molecule has 0 aliphatic rings. The van der Waals surface area contributed by atoms with Gasteiger partial charge in [-0.05, 0) is 19.1 Å². The molecule has 0 aliphatic carbocycles. The molecule has 1 aromatic heterocycles. The molecule has 0 unspecified atom stereocenters. The van der Waals surface area contributed by atoms with Crippen molar-refractivity contribution in [3.05, 3.63) is 48.4 Å². The van der Waals surface area contributed by atoms with Crippen molar-refractivity contribution in [2.45, 2.75) is 13.1 Å². The van der Waals surface area contributed by atoms with E-state index in [4.69, 9.17) is 0 Å². The number of alkyl halides is 3. The summed E-state index contributed by atoms with van der Waals surface area (Å²) in [7, 11) is 0. The molecule has 5 nitrogen and oxygen atoms in total. The van der Waals surface area contributed by atoms with Gasteiger partial charge in [0.2, 0.25) is 5.82 Å². The molecular weight excluding hydrogens is 311 g/mol. The topological polar surface area (TPSA) is 59.2 Å². The lowest BCUT2D eigenvalue weighted by Gasteiger charge is -2.18. The minimum absolute atomic E-state index is 0.185. The molecule has 1 amide bonds. The lowest BCUT2D eigenvalue weighted by Crippen LogP contribution is -2.30. The summed E-state index contributed by atoms with van der Waals surface area (Å²) in [5.74, 6) is -1.78. The molecule has 1 heterocycles. The molecule has 0 aliphatic heterocycles. The predicted molar refractivity (Wildman–Crippen MR) is 76.5 cm³/mol. The number of nitrogens with zero attached hydrogens (tertiary/aromatic N) is 3. The van der Waals surface area contributed by atoms with Crippen LogP contribution in [0.3, 0.4) is 0 Å². The summed E-state index contributed by atoms with van der Waals surface area (Å²) in [5, 5.41) is 3.29. The SMILES string of the molecule is C=CCN(CC)C(=O)c1ccc(-c2noc(C(F)(F)F)n2)cc1. The van der Waals surface area contributed by atoms with Crippen LogP contribution in [0.1, 0.15) is 23.2 Å². The third-order valence-corrected chi connectivity index (χ3v) is 3.08. The van der Waals surface area contributed by atoms with Crippen molar-refractivity contribution in [1.29, 1.82) is 0 Å². The Hall–Kier alpha value is -2.64. The van der Waals surface area contributed by atoms with Gasteiger partial charge >= 0.3 is 12.1 Å². The fraction of sp³-hybridized carbons (Fsp3) is 0.267. The van der Waals surface area contributed by atoms with E-state index in [0.29, 0.717) is 24.2 Å². The van der Waals surface area contributed by atoms with Crippen molar-refractivity contribution in [2.75, 3.05) is 13.1 Å². The van der Waals surface area contributed by atoms with Crippen LogP contribution in [0.15, 0.2) is 41.4 Å². The van der Waals surface area contributed by atoms with Gasteiger partial charge < -0.3 is 9.42 Å². The van der Waals surface area contributed by atoms with Crippen LogP contribution in [0, 0.1) is 0 Å². The van der Waals surface area contributed by atoms with Gasteiger partial charge in [0.15, 0.2) is 0 Å². The molecule has 8 heteroatoms. The summed E-state index contributed by atoms with van der Waals surface area (Å²) in [6, 6.07) is 5.96. The number of hydrogen-bond acceptors (Lipinski definition) is 4. The summed E-state index contributed by atoms with van der Waals surface area (Å²) < 4.78 is 41.5. The maximum Gasteiger partial charge on any atom is 0.471 e. The maximum atomic E-state index is 12.4. The Morgan fingerprint density at radius 1 is 1.35 bits per heavy atom. The van der Waals surface area contributed by atoms with Crippen LogP contribution < -0.4 is 0 Å². The lowest BCUT2D eigenvalue weighted by atomic mass is 10.1. The number of carbonyl (C=O) groups is 1. The van der Waals surface area contributed by atoms with Gasteiger partial charge in [0.05, 0.1) is 0 Å². The Kier molecular flexibility index (Phi) is 4.83. The van der Waals surface area contributed by atoms with Gasteiger partial charge in [-0.15, -0.1) is 6.58 Å². The van der Waals surface area contributed by atoms with Gasteiger partial charge in [-0.25, -0.2) is 0 Å². The predicted octanol–water partition coefficient (Wildman–Crippen LogP) is 3.40. The maximum absolute atomic E-state index is 12.4. The Morgan fingerprint density at radius 2 is 2.00 bits per heavy atom. The minimum Gasteiger partial charge on any atom is -0.335 e. The molecule has 0 saturated heterocycles. The lowest BCUT2D eigenvalue weighted by molar-refractivity contribution is -0.159. The van der Waals surface area contributed by atoms with E-state index in [2.05, 4.69) is 21.2 Å². The summed E-state index contributed by atoms with van der Waals surface area (Å²) >= 11 is 0. The number of carbonyl (C=O) groups excluding carboxylic acids is 1. The first-order valence-corrected chi connectivity index (χ1v) is 6.78. The average Bonchev–Trinajstić information content (AvgIpc) is 3.02. The second-order valence-corrected chi connectivity index (χ2v) is 4.63. The molecular formula is C15H14F3N3O2. The van der Waals surface area contributed by atoms with E-state index in [-0.39, 0.29) is 11.7 Å². The van der Waals surface area contributed by atoms with E-state index in [1.807, 2.05) is 6.92 Å². The third kappa shape index (κ3) is 3.77. The van der Waals surface area contributed by atoms with Gasteiger partial charge in [0.1, 0.15) is 0 Å². The highest BCUT2D eigenvalue weighted by Crippen LogP contribution is 2.29. The average molecular weight is 325 g/mol. The molecule has 0 bridgehead atoms. The highest BCUT2D eigenvalue weighted by atomic mass is 19.4. The van der Waals surface area contributed by atoms with Gasteiger partial charge in [0, 0.05) is 24.2 Å². The number of aromatic nitrogens is 2. The largest absolute Gasteiger partial charge is 0.471 e. The fourth-order valence-electron chi connectivity index (χ4n) is 1.91. The number of halogens is 3. The van der Waals surface area contributed by atoms with Crippen molar-refractivity contribution in [2.24, 2.45) is 0 Å². The molecule has 2 rings (SSSR count). The van der Waals surface area contributed by atoms with Crippen LogP contribution >= 0.6 is 0 Å². The summed E-state index contributed by atoms with van der Waals surface area (Å²) in [5.41, 5.74) is 0.740. The van der Waals surface area contributed by atoms with Crippen molar-refractivity contribution in [1.82, 2.24) is 15.0 Å². The number of likely N-dealkylation sites (N-methyl/N-ethyl adjacent to an activating group) is 1. The highest BCUT2D eigenvalue weighted by Gasteiger charge is 2.38. The number of benzene rings is 1. The van der Waals surface area contributed by atoms with Crippen LogP contribution in [0.2, 0.25) is 0 Å². The summed E-state index contributed by atoms with van der Waals surface area (Å²) in [4.78, 5) is 17.1. The van der Waals surface area contributed by atoms with Crippen LogP contribution in [0.25, 0.3) is 11.4 Å². The summed E-state index contributed by atoms with van der Waals surface area (Å²) in [6.45, 7) is 6.36. The zero-order chi connectivity index (χ0) is 17.0. The Labute approximate surface area is 130 Å². The standard InChI is InChI=1S/C15H14F3N3O2/c1-3-9-21(4-2)13(22)11-7-5-10(6-8-11)12-19-14(23-20-12)15(16,17)18/h3,5-8H,1,4,9H2,2H3. The monoisotopic (exact) mass is 325 g/mol. The molecule has 0 fully saturated rings. The van der Waals surface area contributed by atoms with E-state index < -0.39 is 12.1 Å². The van der Waals surface area contributed by atoms with Crippen LogP contribution in [-0.2, 0) is 6.18 Å². The van der Waals surface area contributed by atoms with Gasteiger partial charge in [0.25, 0.3) is 5.91 Å². The first-order valence-electron chi connectivity index (χ1n) is 6.78. The fourth-order valence-corrected chi connectivity index (χ4v) is 1.91. The second-order valence-electron chi connectivity index (χ2n) is 4.63. The Bertz CT molecular complexity index is 693. The van der Waals surface area contributed by atoms with E-state index in [1.54, 1.807) is 11.0 Å².